The van der Waals surface area contributed by atoms with Crippen LogP contribution in [0.15, 0.2) is 34.3 Å². The van der Waals surface area contributed by atoms with Gasteiger partial charge in [0.2, 0.25) is 0 Å². The summed E-state index contributed by atoms with van der Waals surface area (Å²) in [7, 11) is 8.05. The van der Waals surface area contributed by atoms with Gasteiger partial charge in [0, 0.05) is 0 Å². The van der Waals surface area contributed by atoms with E-state index >= 15 is 0 Å². The van der Waals surface area contributed by atoms with E-state index in [2.05, 4.69) is 37.1 Å². The van der Waals surface area contributed by atoms with Gasteiger partial charge in [0.25, 0.3) is 0 Å². The molecular weight excluding hydrogens is 214 g/mol. The first kappa shape index (κ1) is 13.4. The Morgan fingerprint density at radius 3 is 2.35 bits per heavy atom. The molecule has 1 aromatic carbocycles. The highest BCUT2D eigenvalue weighted by molar-refractivity contribution is 5.53. The molecule has 92 valence electrons. The van der Waals surface area contributed by atoms with Crippen molar-refractivity contribution in [2.24, 2.45) is 9.98 Å². The van der Waals surface area contributed by atoms with Gasteiger partial charge in [-0.15, -0.1) is 0 Å². The van der Waals surface area contributed by atoms with Crippen molar-refractivity contribution in [1.29, 1.82) is 0 Å². The van der Waals surface area contributed by atoms with Gasteiger partial charge < -0.3 is 9.22 Å². The minimum atomic E-state index is 0.739. The maximum atomic E-state index is 5.06. The summed E-state index contributed by atoms with van der Waals surface area (Å²) in [6.07, 6.45) is 0. The van der Waals surface area contributed by atoms with Gasteiger partial charge in [-0.05, 0) is 24.3 Å². The third-order valence-electron chi connectivity index (χ3n) is 2.20. The van der Waals surface area contributed by atoms with E-state index in [9.17, 15) is 0 Å². The van der Waals surface area contributed by atoms with E-state index in [1.807, 2.05) is 24.3 Å². The van der Waals surface area contributed by atoms with E-state index < -0.39 is 0 Å². The van der Waals surface area contributed by atoms with Crippen molar-refractivity contribution in [3.63, 3.8) is 0 Å². The molecule has 0 heterocycles. The predicted octanol–water partition coefficient (Wildman–Crippen LogP) is 2.21. The molecule has 0 aliphatic rings. The third kappa shape index (κ3) is 5.85. The number of nitrogens with zero attached hydrogens (tertiary/aromatic N) is 3. The summed E-state index contributed by atoms with van der Waals surface area (Å²) >= 11 is 0. The van der Waals surface area contributed by atoms with Crippen LogP contribution in [0.2, 0.25) is 0 Å². The average Bonchev–Trinajstić information content (AvgIpc) is 2.28. The summed E-state index contributed by atoms with van der Waals surface area (Å²) in [5, 5.41) is 0. The number of hydrogen-bond acceptors (Lipinski definition) is 3. The van der Waals surface area contributed by atoms with E-state index in [-0.39, 0.29) is 0 Å². The topological polar surface area (TPSA) is 34.0 Å². The van der Waals surface area contributed by atoms with Crippen molar-refractivity contribution in [3.05, 3.63) is 24.3 Å². The van der Waals surface area contributed by atoms with Gasteiger partial charge in [0.1, 0.15) is 5.75 Å². The van der Waals surface area contributed by atoms with Gasteiger partial charge in [0.15, 0.2) is 0 Å². The van der Waals surface area contributed by atoms with Gasteiger partial charge in [-0.2, -0.15) is 4.99 Å². The molecule has 1 rings (SSSR count). The Labute approximate surface area is 103 Å². The highest BCUT2D eigenvalue weighted by Gasteiger charge is 2.03. The van der Waals surface area contributed by atoms with Crippen LogP contribution in [0.1, 0.15) is 0 Å². The number of methoxy groups -OCH3 is 1. The Bertz CT molecular complexity index is 398. The Balaban J connectivity index is 2.49. The summed E-state index contributed by atoms with van der Waals surface area (Å²) in [5.74, 6) is 0.825. The predicted molar refractivity (Wildman–Crippen MR) is 70.3 cm³/mol. The first-order valence-corrected chi connectivity index (χ1v) is 5.58. The zero-order chi connectivity index (χ0) is 12.7. The normalized spacial score (nSPS) is 10.6. The molecule has 0 saturated carbocycles. The Hall–Kier alpha value is -1.64. The SMILES string of the molecule is COc1ccc(N=C=NCC[N+](C)(C)C)cc1. The van der Waals surface area contributed by atoms with Gasteiger partial charge in [-0.1, -0.05) is 0 Å². The Kier molecular flexibility index (Phi) is 4.88. The minimum absolute atomic E-state index is 0.739. The number of likely N-dealkylation sites (N-methyl/N-ethyl adjacent to an activating group) is 1. The Morgan fingerprint density at radius 1 is 1.18 bits per heavy atom. The van der Waals surface area contributed by atoms with Crippen LogP contribution in [0.4, 0.5) is 5.69 Å². The number of quaternary nitrogens is 1. The van der Waals surface area contributed by atoms with E-state index in [0.717, 1.165) is 29.0 Å². The molecule has 0 unspecified atom stereocenters. The number of aliphatic imine (C=N–C) groups is 2. The second-order valence-corrected chi connectivity index (χ2v) is 4.81. The molecule has 0 amide bonds. The molecule has 1 aromatic rings. The molecule has 0 saturated heterocycles. The summed E-state index contributed by atoms with van der Waals surface area (Å²) in [6, 6.07) is 10.2. The monoisotopic (exact) mass is 234 g/mol. The lowest BCUT2D eigenvalue weighted by atomic mass is 10.3. The van der Waals surface area contributed by atoms with Gasteiger partial charge in [-0.25, -0.2) is 4.99 Å². The fourth-order valence-corrected chi connectivity index (χ4v) is 1.15. The molecule has 0 fully saturated rings. The van der Waals surface area contributed by atoms with E-state index in [0.29, 0.717) is 0 Å². The second-order valence-electron chi connectivity index (χ2n) is 4.81. The number of hydrogen-bond donors (Lipinski definition) is 0. The van der Waals surface area contributed by atoms with Crippen molar-refractivity contribution in [1.82, 2.24) is 0 Å². The number of rotatable bonds is 5. The molecule has 0 radical (unpaired) electrons. The zero-order valence-electron chi connectivity index (χ0n) is 11.0. The smallest absolute Gasteiger partial charge is 0.119 e. The van der Waals surface area contributed by atoms with E-state index in [4.69, 9.17) is 4.74 Å². The van der Waals surface area contributed by atoms with Crippen molar-refractivity contribution in [2.75, 3.05) is 41.3 Å². The van der Waals surface area contributed by atoms with Crippen molar-refractivity contribution in [2.45, 2.75) is 0 Å². The second kappa shape index (κ2) is 6.18. The molecule has 0 aliphatic heterocycles. The lowest BCUT2D eigenvalue weighted by Crippen LogP contribution is -2.36. The number of ether oxygens (including phenoxy) is 1. The average molecular weight is 234 g/mol. The quantitative estimate of drug-likeness (QED) is 0.568. The van der Waals surface area contributed by atoms with Crippen LogP contribution in [0.3, 0.4) is 0 Å². The Morgan fingerprint density at radius 2 is 1.82 bits per heavy atom. The van der Waals surface area contributed by atoms with Crippen LogP contribution < -0.4 is 4.74 Å². The van der Waals surface area contributed by atoms with Crippen LogP contribution in [0.25, 0.3) is 0 Å². The fourth-order valence-electron chi connectivity index (χ4n) is 1.15. The molecule has 0 aromatic heterocycles. The summed E-state index contributed by atoms with van der Waals surface area (Å²) < 4.78 is 5.96. The van der Waals surface area contributed by atoms with Gasteiger partial charge in [0.05, 0.1) is 53.0 Å². The highest BCUT2D eigenvalue weighted by atomic mass is 16.5. The summed E-state index contributed by atoms with van der Waals surface area (Å²) in [4.78, 5) is 8.25. The highest BCUT2D eigenvalue weighted by Crippen LogP contribution is 2.16. The first-order chi connectivity index (χ1) is 8.01. The van der Waals surface area contributed by atoms with Crippen LogP contribution >= 0.6 is 0 Å². The van der Waals surface area contributed by atoms with Gasteiger partial charge >= 0.3 is 0 Å². The molecule has 0 aliphatic carbocycles. The maximum absolute atomic E-state index is 5.06. The van der Waals surface area contributed by atoms with Crippen molar-refractivity contribution in [3.8, 4) is 5.75 Å². The molecule has 4 nitrogen and oxygen atoms in total. The molecule has 0 spiro atoms. The van der Waals surface area contributed by atoms with Crippen LogP contribution in [0, 0.1) is 0 Å². The lowest BCUT2D eigenvalue weighted by Gasteiger charge is -2.22. The van der Waals surface area contributed by atoms with Crippen LogP contribution in [0.5, 0.6) is 5.75 Å². The minimum Gasteiger partial charge on any atom is -0.497 e. The molecule has 0 bridgehead atoms. The third-order valence-corrected chi connectivity index (χ3v) is 2.20. The van der Waals surface area contributed by atoms with Crippen molar-refractivity contribution < 1.29 is 9.22 Å². The van der Waals surface area contributed by atoms with Crippen LogP contribution in [-0.2, 0) is 0 Å². The first-order valence-electron chi connectivity index (χ1n) is 5.58. The van der Waals surface area contributed by atoms with Crippen molar-refractivity contribution >= 4 is 11.7 Å². The molecule has 0 atom stereocenters. The molecule has 17 heavy (non-hydrogen) atoms. The van der Waals surface area contributed by atoms with E-state index in [1.54, 1.807) is 7.11 Å². The lowest BCUT2D eigenvalue weighted by molar-refractivity contribution is -0.868. The fraction of sp³-hybridized carbons (Fsp3) is 0.462. The maximum Gasteiger partial charge on any atom is 0.119 e. The summed E-state index contributed by atoms with van der Waals surface area (Å²) in [5.41, 5.74) is 0.833. The zero-order valence-corrected chi connectivity index (χ0v) is 11.0. The molecule has 4 heteroatoms. The van der Waals surface area contributed by atoms with Gasteiger partial charge in [-0.3, -0.25) is 0 Å². The summed E-state index contributed by atoms with van der Waals surface area (Å²) in [6.45, 7) is 1.72. The molecule has 0 N–H and O–H groups in total. The standard InChI is InChI=1S/C13H20N3O/c1-16(2,3)10-9-14-11-15-12-5-7-13(17-4)8-6-12/h5-8H,9-10H2,1-4H3/q+1. The molecular formula is C13H20N3O+. The van der Waals surface area contributed by atoms with E-state index in [1.165, 1.54) is 0 Å². The van der Waals surface area contributed by atoms with Crippen LogP contribution in [-0.4, -0.2) is 51.8 Å². The number of benzene rings is 1. The largest absolute Gasteiger partial charge is 0.497 e.